The fourth-order valence-electron chi connectivity index (χ4n) is 2.78. The van der Waals surface area contributed by atoms with Crippen LogP contribution in [0.15, 0.2) is 0 Å². The van der Waals surface area contributed by atoms with Gasteiger partial charge in [0, 0.05) is 30.5 Å². The average Bonchev–Trinajstić information content (AvgIpc) is 3.15. The second-order valence-electron chi connectivity index (χ2n) is 7.32. The Balaban J connectivity index is 1.63. The molecule has 116 valence electrons. The van der Waals surface area contributed by atoms with E-state index in [4.69, 9.17) is 0 Å². The van der Waals surface area contributed by atoms with Gasteiger partial charge >= 0.3 is 6.03 Å². The topological polar surface area (TPSA) is 73.9 Å². The molecule has 0 spiro atoms. The molecule has 1 aromatic heterocycles. The molecule has 1 aromatic rings. The Labute approximate surface area is 125 Å². The maximum Gasteiger partial charge on any atom is 0.317 e. The van der Waals surface area contributed by atoms with Crippen molar-refractivity contribution in [3.63, 3.8) is 0 Å². The van der Waals surface area contributed by atoms with E-state index < -0.39 is 0 Å². The first-order chi connectivity index (χ1) is 9.92. The number of carbonyl (C=O) groups excluding carboxylic acids is 1. The minimum absolute atomic E-state index is 0.0187. The van der Waals surface area contributed by atoms with Crippen LogP contribution < -0.4 is 5.32 Å². The average molecular weight is 291 g/mol. The number of likely N-dealkylation sites (tertiary alicyclic amines) is 1. The van der Waals surface area contributed by atoms with Crippen molar-refractivity contribution in [1.82, 2.24) is 25.4 Å². The number of piperidine rings is 1. The van der Waals surface area contributed by atoms with E-state index in [1.807, 2.05) is 25.7 Å². The Hall–Kier alpha value is -1.59. The Kier molecular flexibility index (Phi) is 3.63. The van der Waals surface area contributed by atoms with Gasteiger partial charge in [0.1, 0.15) is 5.82 Å². The molecule has 2 N–H and O–H groups in total. The maximum absolute atomic E-state index is 12.3. The van der Waals surface area contributed by atoms with E-state index in [1.165, 1.54) is 12.8 Å². The quantitative estimate of drug-likeness (QED) is 0.878. The molecule has 3 rings (SSSR count). The number of urea groups is 1. The summed E-state index contributed by atoms with van der Waals surface area (Å²) in [6.45, 7) is 7.54. The molecule has 6 heteroatoms. The first-order valence-electron chi connectivity index (χ1n) is 7.91. The highest BCUT2D eigenvalue weighted by atomic mass is 16.2. The molecule has 2 aliphatic rings. The summed E-state index contributed by atoms with van der Waals surface area (Å²) in [5.41, 5.74) is -0.201. The fourth-order valence-corrected chi connectivity index (χ4v) is 2.78. The molecule has 1 aliphatic heterocycles. The number of rotatable bonds is 2. The van der Waals surface area contributed by atoms with Crippen LogP contribution in [0.1, 0.15) is 69.9 Å². The number of amides is 2. The molecule has 0 aromatic carbocycles. The molecule has 1 saturated carbocycles. The number of carbonyl (C=O) groups is 1. The van der Waals surface area contributed by atoms with Crippen LogP contribution in [0.2, 0.25) is 0 Å². The van der Waals surface area contributed by atoms with E-state index in [9.17, 15) is 4.79 Å². The Morgan fingerprint density at radius 1 is 1.29 bits per heavy atom. The number of H-pyrrole nitrogens is 1. The third-order valence-electron chi connectivity index (χ3n) is 4.04. The minimum Gasteiger partial charge on any atom is -0.333 e. The lowest BCUT2D eigenvalue weighted by molar-refractivity contribution is 0.170. The van der Waals surface area contributed by atoms with Crippen LogP contribution in [-0.4, -0.2) is 44.7 Å². The van der Waals surface area contributed by atoms with Crippen molar-refractivity contribution < 1.29 is 4.79 Å². The lowest BCUT2D eigenvalue weighted by Gasteiger charge is -2.34. The van der Waals surface area contributed by atoms with Crippen molar-refractivity contribution in [2.45, 2.75) is 63.8 Å². The van der Waals surface area contributed by atoms with Crippen LogP contribution in [0, 0.1) is 0 Å². The van der Waals surface area contributed by atoms with Gasteiger partial charge in [0.15, 0.2) is 5.82 Å². The highest BCUT2D eigenvalue weighted by Gasteiger charge is 2.31. The van der Waals surface area contributed by atoms with Crippen molar-refractivity contribution in [3.05, 3.63) is 11.6 Å². The molecule has 6 nitrogen and oxygen atoms in total. The van der Waals surface area contributed by atoms with Crippen LogP contribution in [0.25, 0.3) is 0 Å². The summed E-state index contributed by atoms with van der Waals surface area (Å²) in [6.07, 6.45) is 4.51. The first kappa shape index (κ1) is 14.4. The lowest BCUT2D eigenvalue weighted by Crippen LogP contribution is -2.51. The molecule has 1 unspecified atom stereocenters. The van der Waals surface area contributed by atoms with Crippen LogP contribution in [0.5, 0.6) is 0 Å². The van der Waals surface area contributed by atoms with Gasteiger partial charge in [-0.15, -0.1) is 0 Å². The van der Waals surface area contributed by atoms with Crippen molar-refractivity contribution in [1.29, 1.82) is 0 Å². The van der Waals surface area contributed by atoms with Gasteiger partial charge in [-0.05, 0) is 46.5 Å². The van der Waals surface area contributed by atoms with Gasteiger partial charge in [0.25, 0.3) is 0 Å². The maximum atomic E-state index is 12.3. The molecule has 2 amide bonds. The summed E-state index contributed by atoms with van der Waals surface area (Å²) in [7, 11) is 0. The van der Waals surface area contributed by atoms with Crippen LogP contribution >= 0.6 is 0 Å². The van der Waals surface area contributed by atoms with Crippen LogP contribution in [-0.2, 0) is 0 Å². The summed E-state index contributed by atoms with van der Waals surface area (Å²) in [6, 6.07) is 0.0187. The fraction of sp³-hybridized carbons (Fsp3) is 0.800. The van der Waals surface area contributed by atoms with Gasteiger partial charge in [-0.2, -0.15) is 5.10 Å². The van der Waals surface area contributed by atoms with Crippen molar-refractivity contribution in [3.8, 4) is 0 Å². The van der Waals surface area contributed by atoms with Crippen molar-refractivity contribution >= 4 is 6.03 Å². The number of aromatic amines is 1. The molecule has 1 aliphatic carbocycles. The summed E-state index contributed by atoms with van der Waals surface area (Å²) < 4.78 is 0. The molecular formula is C15H25N5O. The van der Waals surface area contributed by atoms with Crippen LogP contribution in [0.3, 0.4) is 0 Å². The zero-order chi connectivity index (χ0) is 15.0. The SMILES string of the molecule is CC(C)(C)NC(=O)N1CCCC(c2n[nH]c(C3CC3)n2)C1. The molecule has 1 saturated heterocycles. The van der Waals surface area contributed by atoms with Crippen molar-refractivity contribution in [2.75, 3.05) is 13.1 Å². The Bertz CT molecular complexity index is 514. The third-order valence-corrected chi connectivity index (χ3v) is 4.04. The standard InChI is InChI=1S/C15H25N5O/c1-15(2,3)17-14(21)20-8-4-5-11(9-20)13-16-12(18-19-13)10-6-7-10/h10-11H,4-9H2,1-3H3,(H,17,21)(H,16,18,19). The van der Waals surface area contributed by atoms with Gasteiger partial charge in [-0.3, -0.25) is 5.10 Å². The summed E-state index contributed by atoms with van der Waals surface area (Å²) in [5.74, 6) is 2.76. The largest absolute Gasteiger partial charge is 0.333 e. The van der Waals surface area contributed by atoms with E-state index in [2.05, 4.69) is 20.5 Å². The zero-order valence-corrected chi connectivity index (χ0v) is 13.1. The van der Waals surface area contributed by atoms with Gasteiger partial charge in [-0.1, -0.05) is 0 Å². The van der Waals surface area contributed by atoms with E-state index in [1.54, 1.807) is 0 Å². The summed E-state index contributed by atoms with van der Waals surface area (Å²) in [4.78, 5) is 18.8. The highest BCUT2D eigenvalue weighted by Crippen LogP contribution is 2.38. The molecule has 0 radical (unpaired) electrons. The summed E-state index contributed by atoms with van der Waals surface area (Å²) in [5, 5.41) is 10.5. The molecule has 21 heavy (non-hydrogen) atoms. The lowest BCUT2D eigenvalue weighted by atomic mass is 9.97. The predicted octanol–water partition coefficient (Wildman–Crippen LogP) is 2.37. The van der Waals surface area contributed by atoms with Gasteiger partial charge in [0.05, 0.1) is 0 Å². The van der Waals surface area contributed by atoms with E-state index in [0.29, 0.717) is 12.5 Å². The number of hydrogen-bond donors (Lipinski definition) is 2. The van der Waals surface area contributed by atoms with Gasteiger partial charge in [-0.25, -0.2) is 9.78 Å². The van der Waals surface area contributed by atoms with Crippen molar-refractivity contribution in [2.24, 2.45) is 0 Å². The predicted molar refractivity (Wildman–Crippen MR) is 80.2 cm³/mol. The monoisotopic (exact) mass is 291 g/mol. The smallest absolute Gasteiger partial charge is 0.317 e. The van der Waals surface area contributed by atoms with E-state index >= 15 is 0 Å². The number of nitrogens with zero attached hydrogens (tertiary/aromatic N) is 3. The Morgan fingerprint density at radius 3 is 2.71 bits per heavy atom. The van der Waals surface area contributed by atoms with Gasteiger partial charge in [0.2, 0.25) is 0 Å². The summed E-state index contributed by atoms with van der Waals surface area (Å²) >= 11 is 0. The third kappa shape index (κ3) is 3.54. The van der Waals surface area contributed by atoms with Gasteiger partial charge < -0.3 is 10.2 Å². The minimum atomic E-state index is -0.201. The molecule has 0 bridgehead atoms. The normalized spacial score (nSPS) is 23.2. The number of aromatic nitrogens is 3. The Morgan fingerprint density at radius 2 is 2.05 bits per heavy atom. The van der Waals surface area contributed by atoms with E-state index in [0.717, 1.165) is 31.0 Å². The zero-order valence-electron chi connectivity index (χ0n) is 13.1. The molecule has 2 fully saturated rings. The molecule has 2 heterocycles. The molecule has 1 atom stereocenters. The number of hydrogen-bond acceptors (Lipinski definition) is 3. The van der Waals surface area contributed by atoms with E-state index in [-0.39, 0.29) is 17.5 Å². The second-order valence-corrected chi connectivity index (χ2v) is 7.32. The first-order valence-corrected chi connectivity index (χ1v) is 7.91. The second kappa shape index (κ2) is 5.31. The number of nitrogens with one attached hydrogen (secondary N) is 2. The molecular weight excluding hydrogens is 266 g/mol. The van der Waals surface area contributed by atoms with Crippen LogP contribution in [0.4, 0.5) is 4.79 Å². The highest BCUT2D eigenvalue weighted by molar-refractivity contribution is 5.75.